The van der Waals surface area contributed by atoms with E-state index in [1.54, 1.807) is 0 Å². The molecule has 0 bridgehead atoms. The van der Waals surface area contributed by atoms with Gasteiger partial charge >= 0.3 is 0 Å². The minimum absolute atomic E-state index is 0.129. The van der Waals surface area contributed by atoms with Crippen LogP contribution >= 0.6 is 0 Å². The highest BCUT2D eigenvalue weighted by atomic mass is 16.2. The van der Waals surface area contributed by atoms with Gasteiger partial charge in [0, 0.05) is 35.8 Å². The summed E-state index contributed by atoms with van der Waals surface area (Å²) >= 11 is 0. The first kappa shape index (κ1) is 11.1. The first-order valence-electron chi connectivity index (χ1n) is 6.27. The molecule has 1 amide bonds. The van der Waals surface area contributed by atoms with Crippen LogP contribution in [0.1, 0.15) is 23.7 Å². The molecule has 1 aliphatic heterocycles. The smallest absolute Gasteiger partial charge is 0.254 e. The largest absolute Gasteiger partial charge is 0.361 e. The van der Waals surface area contributed by atoms with Gasteiger partial charge in [-0.3, -0.25) is 4.79 Å². The quantitative estimate of drug-likeness (QED) is 0.764. The molecule has 3 rings (SSSR count). The molecule has 0 saturated carbocycles. The fourth-order valence-electron chi connectivity index (χ4n) is 2.40. The Hall–Kier alpha value is -2.03. The van der Waals surface area contributed by atoms with Crippen molar-refractivity contribution in [1.82, 2.24) is 9.88 Å². The Labute approximate surface area is 106 Å². The summed E-state index contributed by atoms with van der Waals surface area (Å²) in [5.74, 6) is 0.129. The highest BCUT2D eigenvalue weighted by Gasteiger charge is 2.19. The van der Waals surface area contributed by atoms with E-state index in [9.17, 15) is 4.79 Å². The number of carbonyl (C=O) groups is 1. The van der Waals surface area contributed by atoms with E-state index in [0.29, 0.717) is 0 Å². The third kappa shape index (κ3) is 1.82. The van der Waals surface area contributed by atoms with Gasteiger partial charge in [-0.2, -0.15) is 0 Å². The van der Waals surface area contributed by atoms with E-state index < -0.39 is 0 Å². The lowest BCUT2D eigenvalue weighted by Gasteiger charge is -2.25. The van der Waals surface area contributed by atoms with Gasteiger partial charge in [0.15, 0.2) is 0 Å². The van der Waals surface area contributed by atoms with Gasteiger partial charge in [0.25, 0.3) is 5.91 Å². The first-order valence-corrected chi connectivity index (χ1v) is 6.27. The van der Waals surface area contributed by atoms with E-state index in [1.807, 2.05) is 35.4 Å². The number of hydrogen-bond acceptors (Lipinski definition) is 1. The van der Waals surface area contributed by atoms with Gasteiger partial charge in [-0.05, 0) is 31.5 Å². The van der Waals surface area contributed by atoms with Gasteiger partial charge < -0.3 is 9.88 Å². The molecule has 3 nitrogen and oxygen atoms in total. The molecule has 0 unspecified atom stereocenters. The van der Waals surface area contributed by atoms with E-state index >= 15 is 0 Å². The van der Waals surface area contributed by atoms with Crippen LogP contribution in [0.15, 0.2) is 42.1 Å². The summed E-state index contributed by atoms with van der Waals surface area (Å²) in [6.45, 7) is 3.67. The SMILES string of the molecule is CC1=CCN(C(=O)c2cccc3[nH]ccc23)CC1. The topological polar surface area (TPSA) is 36.1 Å². The second-order valence-corrected chi connectivity index (χ2v) is 4.80. The van der Waals surface area contributed by atoms with Crippen LogP contribution in [0.4, 0.5) is 0 Å². The lowest BCUT2D eigenvalue weighted by molar-refractivity contribution is 0.0771. The van der Waals surface area contributed by atoms with Crippen LogP contribution in [0.25, 0.3) is 10.9 Å². The Kier molecular flexibility index (Phi) is 2.67. The molecule has 18 heavy (non-hydrogen) atoms. The van der Waals surface area contributed by atoms with Crippen LogP contribution in [0.2, 0.25) is 0 Å². The maximum atomic E-state index is 12.5. The van der Waals surface area contributed by atoms with Crippen molar-refractivity contribution in [1.29, 1.82) is 0 Å². The molecule has 0 spiro atoms. The average Bonchev–Trinajstić information content (AvgIpc) is 2.87. The number of aromatic amines is 1. The van der Waals surface area contributed by atoms with E-state index in [4.69, 9.17) is 0 Å². The number of aromatic nitrogens is 1. The van der Waals surface area contributed by atoms with E-state index in [1.165, 1.54) is 5.57 Å². The number of H-pyrrole nitrogens is 1. The number of hydrogen-bond donors (Lipinski definition) is 1. The Morgan fingerprint density at radius 3 is 3.00 bits per heavy atom. The van der Waals surface area contributed by atoms with Crippen LogP contribution in [0, 0.1) is 0 Å². The molecule has 1 aromatic heterocycles. The summed E-state index contributed by atoms with van der Waals surface area (Å²) < 4.78 is 0. The molecule has 2 heterocycles. The number of benzene rings is 1. The zero-order valence-corrected chi connectivity index (χ0v) is 10.4. The average molecular weight is 240 g/mol. The van der Waals surface area contributed by atoms with Crippen molar-refractivity contribution in [2.45, 2.75) is 13.3 Å². The van der Waals surface area contributed by atoms with Crippen molar-refractivity contribution in [2.24, 2.45) is 0 Å². The minimum Gasteiger partial charge on any atom is -0.361 e. The fraction of sp³-hybridized carbons (Fsp3) is 0.267. The maximum Gasteiger partial charge on any atom is 0.254 e. The number of carbonyl (C=O) groups excluding carboxylic acids is 1. The predicted molar refractivity (Wildman–Crippen MR) is 72.6 cm³/mol. The van der Waals surface area contributed by atoms with Crippen molar-refractivity contribution in [3.63, 3.8) is 0 Å². The van der Waals surface area contributed by atoms with Crippen LogP contribution in [-0.2, 0) is 0 Å². The molecule has 92 valence electrons. The Morgan fingerprint density at radius 1 is 1.33 bits per heavy atom. The fourth-order valence-corrected chi connectivity index (χ4v) is 2.40. The van der Waals surface area contributed by atoms with Gasteiger partial charge in [0.2, 0.25) is 0 Å². The highest BCUT2D eigenvalue weighted by molar-refractivity contribution is 6.06. The van der Waals surface area contributed by atoms with E-state index in [-0.39, 0.29) is 5.91 Å². The Morgan fingerprint density at radius 2 is 2.22 bits per heavy atom. The van der Waals surface area contributed by atoms with Crippen LogP contribution < -0.4 is 0 Å². The molecule has 1 aliphatic rings. The highest BCUT2D eigenvalue weighted by Crippen LogP contribution is 2.20. The maximum absolute atomic E-state index is 12.5. The third-order valence-electron chi connectivity index (χ3n) is 3.55. The summed E-state index contributed by atoms with van der Waals surface area (Å²) in [5.41, 5.74) is 3.19. The molecule has 0 fully saturated rings. The van der Waals surface area contributed by atoms with Crippen molar-refractivity contribution < 1.29 is 4.79 Å². The van der Waals surface area contributed by atoms with Crippen molar-refractivity contribution in [2.75, 3.05) is 13.1 Å². The normalized spacial score (nSPS) is 15.8. The van der Waals surface area contributed by atoms with Crippen LogP contribution in [-0.4, -0.2) is 28.9 Å². The predicted octanol–water partition coefficient (Wildman–Crippen LogP) is 2.96. The summed E-state index contributed by atoms with van der Waals surface area (Å²) in [4.78, 5) is 17.6. The monoisotopic (exact) mass is 240 g/mol. The number of rotatable bonds is 1. The number of amides is 1. The third-order valence-corrected chi connectivity index (χ3v) is 3.55. The van der Waals surface area contributed by atoms with Crippen LogP contribution in [0.5, 0.6) is 0 Å². The van der Waals surface area contributed by atoms with Gasteiger partial charge in [-0.1, -0.05) is 17.7 Å². The van der Waals surface area contributed by atoms with Crippen molar-refractivity contribution >= 4 is 16.8 Å². The summed E-state index contributed by atoms with van der Waals surface area (Å²) in [6.07, 6.45) is 5.00. The standard InChI is InChI=1S/C15H16N2O/c1-11-6-9-17(10-7-11)15(18)13-3-2-4-14-12(13)5-8-16-14/h2-6,8,16H,7,9-10H2,1H3. The van der Waals surface area contributed by atoms with Gasteiger partial charge in [-0.25, -0.2) is 0 Å². The van der Waals surface area contributed by atoms with Gasteiger partial charge in [0.1, 0.15) is 0 Å². The minimum atomic E-state index is 0.129. The molecule has 0 saturated heterocycles. The Balaban J connectivity index is 1.95. The molecular weight excluding hydrogens is 224 g/mol. The van der Waals surface area contributed by atoms with Gasteiger partial charge in [0.05, 0.1) is 0 Å². The molecule has 0 aliphatic carbocycles. The lowest BCUT2D eigenvalue weighted by atomic mass is 10.1. The summed E-state index contributed by atoms with van der Waals surface area (Å²) in [5, 5.41) is 1.01. The summed E-state index contributed by atoms with van der Waals surface area (Å²) in [6, 6.07) is 7.79. The number of nitrogens with one attached hydrogen (secondary N) is 1. The summed E-state index contributed by atoms with van der Waals surface area (Å²) in [7, 11) is 0. The molecule has 3 heteroatoms. The van der Waals surface area contributed by atoms with E-state index in [0.717, 1.165) is 36.0 Å². The number of fused-ring (bicyclic) bond motifs is 1. The second-order valence-electron chi connectivity index (χ2n) is 4.80. The molecule has 0 radical (unpaired) electrons. The zero-order chi connectivity index (χ0) is 12.5. The van der Waals surface area contributed by atoms with E-state index in [2.05, 4.69) is 18.0 Å². The Bertz CT molecular complexity index is 624. The van der Waals surface area contributed by atoms with Crippen molar-refractivity contribution in [3.05, 3.63) is 47.7 Å². The lowest BCUT2D eigenvalue weighted by Crippen LogP contribution is -2.34. The molecule has 1 aromatic carbocycles. The molecule has 2 aromatic rings. The molecule has 0 atom stereocenters. The van der Waals surface area contributed by atoms with Gasteiger partial charge in [-0.15, -0.1) is 0 Å². The number of nitrogens with zero attached hydrogens (tertiary/aromatic N) is 1. The second kappa shape index (κ2) is 4.33. The molecular formula is C15H16N2O. The van der Waals surface area contributed by atoms with Crippen LogP contribution in [0.3, 0.4) is 0 Å². The van der Waals surface area contributed by atoms with Crippen molar-refractivity contribution in [3.8, 4) is 0 Å². The zero-order valence-electron chi connectivity index (χ0n) is 10.4. The molecule has 1 N–H and O–H groups in total. The first-order chi connectivity index (χ1) is 8.75.